The van der Waals surface area contributed by atoms with Gasteiger partial charge in [0.2, 0.25) is 0 Å². The Morgan fingerprint density at radius 1 is 0.826 bits per heavy atom. The third kappa shape index (κ3) is 4.70. The van der Waals surface area contributed by atoms with Crippen LogP contribution in [-0.2, 0) is 11.7 Å². The fourth-order valence-electron chi connectivity index (χ4n) is 7.37. The maximum Gasteiger partial charge on any atom is 0.435 e. The zero-order valence-corrected chi connectivity index (χ0v) is 25.6. The molecule has 2 bridgehead atoms. The van der Waals surface area contributed by atoms with Crippen molar-refractivity contribution in [3.05, 3.63) is 142 Å². The van der Waals surface area contributed by atoms with E-state index < -0.39 is 17.4 Å². The minimum Gasteiger partial charge on any atom is -0.308 e. The highest BCUT2D eigenvalue weighted by molar-refractivity contribution is 7.22. The standard InChI is InChI=1S/C36H30F3N5OS/c37-36(38,39)32-27(30-21-28-31(46-30)34(45)41-33(40-28)29-20-23-16-18-43(29)19-17-23)22-44(42-32)35(24-10-4-1-5-11-24,25-12-6-2-7-13-25)26-14-8-3-9-15-26/h1-15,21-23,29H,16-20H2,(H,40,41,45). The Hall–Kier alpha value is -4.54. The molecule has 3 aromatic heterocycles. The molecule has 0 radical (unpaired) electrons. The first-order chi connectivity index (χ1) is 22.3. The summed E-state index contributed by atoms with van der Waals surface area (Å²) < 4.78 is 46.5. The van der Waals surface area contributed by atoms with Crippen LogP contribution in [0.4, 0.5) is 13.2 Å². The maximum absolute atomic E-state index is 14.9. The van der Waals surface area contributed by atoms with Crippen molar-refractivity contribution < 1.29 is 13.2 Å². The molecule has 3 saturated heterocycles. The van der Waals surface area contributed by atoms with Crippen LogP contribution in [0.5, 0.6) is 0 Å². The van der Waals surface area contributed by atoms with E-state index in [0.717, 1.165) is 60.4 Å². The van der Waals surface area contributed by atoms with Crippen molar-refractivity contribution in [1.82, 2.24) is 24.6 Å². The molecule has 0 spiro atoms. The molecule has 0 amide bonds. The zero-order valence-electron chi connectivity index (χ0n) is 24.7. The molecule has 3 aliphatic rings. The van der Waals surface area contributed by atoms with Gasteiger partial charge in [-0.1, -0.05) is 91.0 Å². The van der Waals surface area contributed by atoms with Gasteiger partial charge in [-0.15, -0.1) is 11.3 Å². The Morgan fingerprint density at radius 2 is 1.39 bits per heavy atom. The third-order valence-electron chi connectivity index (χ3n) is 9.53. The molecule has 46 heavy (non-hydrogen) atoms. The van der Waals surface area contributed by atoms with E-state index in [-0.39, 0.29) is 22.0 Å². The molecule has 0 saturated carbocycles. The predicted molar refractivity (Wildman–Crippen MR) is 173 cm³/mol. The summed E-state index contributed by atoms with van der Waals surface area (Å²) in [4.78, 5) is 23.8. The van der Waals surface area contributed by atoms with Gasteiger partial charge in [-0.05, 0) is 61.0 Å². The summed E-state index contributed by atoms with van der Waals surface area (Å²) in [6, 6.07) is 30.0. The normalized spacial score (nSPS) is 19.9. The Labute approximate surface area is 267 Å². The van der Waals surface area contributed by atoms with Crippen LogP contribution in [0.3, 0.4) is 0 Å². The molecule has 3 aliphatic heterocycles. The lowest BCUT2D eigenvalue weighted by molar-refractivity contribution is -0.141. The topological polar surface area (TPSA) is 66.8 Å². The van der Waals surface area contributed by atoms with E-state index in [9.17, 15) is 18.0 Å². The van der Waals surface area contributed by atoms with Gasteiger partial charge in [-0.25, -0.2) is 4.98 Å². The van der Waals surface area contributed by atoms with Crippen LogP contribution in [-0.4, -0.2) is 37.7 Å². The Bertz CT molecular complexity index is 1970. The number of aromatic amines is 1. The average Bonchev–Trinajstić information content (AvgIpc) is 3.73. The van der Waals surface area contributed by atoms with Gasteiger partial charge in [0, 0.05) is 16.6 Å². The van der Waals surface area contributed by atoms with E-state index in [1.54, 1.807) is 6.07 Å². The number of aromatic nitrogens is 4. The van der Waals surface area contributed by atoms with E-state index in [2.05, 4.69) is 15.0 Å². The number of rotatable bonds is 6. The summed E-state index contributed by atoms with van der Waals surface area (Å²) >= 11 is 1.02. The molecule has 3 aromatic carbocycles. The molecule has 10 heteroatoms. The van der Waals surface area contributed by atoms with Gasteiger partial charge in [-0.2, -0.15) is 18.3 Å². The van der Waals surface area contributed by atoms with Gasteiger partial charge in [0.25, 0.3) is 5.56 Å². The quantitative estimate of drug-likeness (QED) is 0.189. The van der Waals surface area contributed by atoms with Gasteiger partial charge >= 0.3 is 6.18 Å². The van der Waals surface area contributed by atoms with E-state index in [1.807, 2.05) is 91.0 Å². The number of hydrogen-bond acceptors (Lipinski definition) is 5. The minimum atomic E-state index is -4.76. The number of halogens is 3. The molecule has 0 aliphatic carbocycles. The van der Waals surface area contributed by atoms with Crippen LogP contribution in [0.15, 0.2) is 108 Å². The monoisotopic (exact) mass is 637 g/mol. The lowest BCUT2D eigenvalue weighted by Crippen LogP contribution is -2.44. The second kappa shape index (κ2) is 11.1. The molecule has 6 heterocycles. The van der Waals surface area contributed by atoms with Crippen molar-refractivity contribution in [3.8, 4) is 10.4 Å². The fraction of sp³-hybridized carbons (Fsp3) is 0.250. The molecular formula is C36H30F3N5OS. The molecule has 6 aromatic rings. The smallest absolute Gasteiger partial charge is 0.308 e. The van der Waals surface area contributed by atoms with E-state index >= 15 is 0 Å². The van der Waals surface area contributed by atoms with E-state index in [0.29, 0.717) is 22.0 Å². The van der Waals surface area contributed by atoms with Gasteiger partial charge in [-0.3, -0.25) is 14.4 Å². The number of benzene rings is 3. The average molecular weight is 638 g/mol. The highest BCUT2D eigenvalue weighted by Gasteiger charge is 2.44. The SMILES string of the molecule is O=c1[nH]c(C2CC3CCN2CC3)nc2cc(-c3cn(C(c4ccccc4)(c4ccccc4)c4ccccc4)nc3C(F)(F)F)sc12. The van der Waals surface area contributed by atoms with Crippen LogP contribution >= 0.6 is 11.3 Å². The lowest BCUT2D eigenvalue weighted by Gasteiger charge is -2.44. The summed E-state index contributed by atoms with van der Waals surface area (Å²) in [6.45, 7) is 1.93. The van der Waals surface area contributed by atoms with Crippen molar-refractivity contribution in [3.63, 3.8) is 0 Å². The Morgan fingerprint density at radius 3 is 1.89 bits per heavy atom. The zero-order chi connectivity index (χ0) is 31.5. The molecule has 6 nitrogen and oxygen atoms in total. The summed E-state index contributed by atoms with van der Waals surface area (Å²) in [5, 5.41) is 4.35. The first-order valence-electron chi connectivity index (χ1n) is 15.4. The van der Waals surface area contributed by atoms with Gasteiger partial charge in [0.15, 0.2) is 5.69 Å². The Balaban J connectivity index is 1.34. The first-order valence-corrected chi connectivity index (χ1v) is 16.3. The highest BCUT2D eigenvalue weighted by Crippen LogP contribution is 2.46. The molecular weight excluding hydrogens is 607 g/mol. The summed E-state index contributed by atoms with van der Waals surface area (Å²) in [6.07, 6.45) is -0.0664. The predicted octanol–water partition coefficient (Wildman–Crippen LogP) is 7.86. The number of alkyl halides is 3. The van der Waals surface area contributed by atoms with Crippen LogP contribution in [0, 0.1) is 5.92 Å². The highest BCUT2D eigenvalue weighted by atomic mass is 32.1. The van der Waals surface area contributed by atoms with Crippen molar-refractivity contribution >= 4 is 21.6 Å². The van der Waals surface area contributed by atoms with Crippen LogP contribution in [0.25, 0.3) is 20.7 Å². The van der Waals surface area contributed by atoms with E-state index in [1.165, 1.54) is 10.9 Å². The summed E-state index contributed by atoms with van der Waals surface area (Å²) in [5.41, 5.74) is 0.0108. The first kappa shape index (κ1) is 28.9. The number of nitrogens with zero attached hydrogens (tertiary/aromatic N) is 4. The fourth-order valence-corrected chi connectivity index (χ4v) is 8.37. The molecule has 3 fully saturated rings. The molecule has 9 rings (SSSR count). The second-order valence-electron chi connectivity index (χ2n) is 12.1. The number of thiophene rings is 1. The molecule has 1 N–H and O–H groups in total. The number of hydrogen-bond donors (Lipinski definition) is 1. The van der Waals surface area contributed by atoms with Crippen molar-refractivity contribution in [1.29, 1.82) is 0 Å². The van der Waals surface area contributed by atoms with Crippen LogP contribution < -0.4 is 5.56 Å². The van der Waals surface area contributed by atoms with Gasteiger partial charge < -0.3 is 4.98 Å². The number of nitrogens with one attached hydrogen (secondary N) is 1. The van der Waals surface area contributed by atoms with Crippen molar-refractivity contribution in [2.24, 2.45) is 5.92 Å². The van der Waals surface area contributed by atoms with E-state index in [4.69, 9.17) is 4.98 Å². The van der Waals surface area contributed by atoms with Crippen molar-refractivity contribution in [2.75, 3.05) is 13.1 Å². The van der Waals surface area contributed by atoms with Crippen LogP contribution in [0.1, 0.15) is 53.5 Å². The van der Waals surface area contributed by atoms with Gasteiger partial charge in [0.1, 0.15) is 16.1 Å². The van der Waals surface area contributed by atoms with Gasteiger partial charge in [0.05, 0.1) is 11.6 Å². The summed E-state index contributed by atoms with van der Waals surface area (Å²) in [7, 11) is 0. The number of fused-ring (bicyclic) bond motifs is 4. The number of piperidine rings is 3. The third-order valence-corrected chi connectivity index (χ3v) is 10.7. The lowest BCUT2D eigenvalue weighted by atomic mass is 9.77. The summed E-state index contributed by atoms with van der Waals surface area (Å²) in [5.74, 6) is 1.20. The maximum atomic E-state index is 14.9. The molecule has 1 atom stereocenters. The number of H-pyrrole nitrogens is 1. The van der Waals surface area contributed by atoms with Crippen LogP contribution in [0.2, 0.25) is 0 Å². The minimum absolute atomic E-state index is 0.0182. The molecule has 232 valence electrons. The molecule has 1 unspecified atom stereocenters. The largest absolute Gasteiger partial charge is 0.435 e. The second-order valence-corrected chi connectivity index (χ2v) is 13.2. The van der Waals surface area contributed by atoms with Crippen molar-refractivity contribution in [2.45, 2.75) is 37.0 Å². The Kier molecular flexibility index (Phi) is 6.95.